The van der Waals surface area contributed by atoms with E-state index in [1.165, 1.54) is 25.7 Å². The molecule has 5 nitrogen and oxygen atoms in total. The van der Waals surface area contributed by atoms with Gasteiger partial charge >= 0.3 is 0 Å². The van der Waals surface area contributed by atoms with Gasteiger partial charge in [-0.25, -0.2) is 8.42 Å². The van der Waals surface area contributed by atoms with Crippen molar-refractivity contribution in [3.8, 4) is 0 Å². The van der Waals surface area contributed by atoms with E-state index < -0.39 is 10.0 Å². The molecule has 0 aliphatic heterocycles. The van der Waals surface area contributed by atoms with Crippen LogP contribution in [-0.2, 0) is 10.0 Å². The fourth-order valence-corrected chi connectivity index (χ4v) is 4.24. The van der Waals surface area contributed by atoms with E-state index in [1.54, 1.807) is 24.3 Å². The molecule has 7 heteroatoms. The number of hydrogen-bond donors (Lipinski definition) is 2. The first-order chi connectivity index (χ1) is 10.4. The number of sulfonamides is 1. The molecule has 1 aromatic rings. The summed E-state index contributed by atoms with van der Waals surface area (Å²) in [5, 5.41) is 3.65. The Morgan fingerprint density at radius 2 is 1.86 bits per heavy atom. The highest BCUT2D eigenvalue weighted by molar-refractivity contribution is 7.99. The predicted molar refractivity (Wildman–Crippen MR) is 92.0 cm³/mol. The molecule has 2 rings (SSSR count). The van der Waals surface area contributed by atoms with Crippen LogP contribution in [0.4, 0.5) is 5.69 Å². The molecule has 1 fully saturated rings. The standard InChI is InChI=1S/C15H22N2O3S2/c1-22(19,20)17-13-8-6-12(7-9-13)15(18)16-10-11-21-14-4-2-3-5-14/h6-9,14,17H,2-5,10-11H2,1H3,(H,16,18). The molecule has 0 aromatic heterocycles. The first-order valence-electron chi connectivity index (χ1n) is 7.42. The highest BCUT2D eigenvalue weighted by Gasteiger charge is 2.14. The smallest absolute Gasteiger partial charge is 0.251 e. The lowest BCUT2D eigenvalue weighted by atomic mass is 10.2. The van der Waals surface area contributed by atoms with Crippen LogP contribution in [-0.4, -0.2) is 38.1 Å². The summed E-state index contributed by atoms with van der Waals surface area (Å²) in [6.07, 6.45) is 6.35. The lowest BCUT2D eigenvalue weighted by Crippen LogP contribution is -2.26. The third-order valence-electron chi connectivity index (χ3n) is 3.49. The van der Waals surface area contributed by atoms with Gasteiger partial charge in [0.05, 0.1) is 6.26 Å². The molecule has 0 saturated heterocycles. The van der Waals surface area contributed by atoms with Crippen molar-refractivity contribution in [1.82, 2.24) is 5.32 Å². The molecular formula is C15H22N2O3S2. The van der Waals surface area contributed by atoms with Gasteiger partial charge in [-0.15, -0.1) is 0 Å². The summed E-state index contributed by atoms with van der Waals surface area (Å²) in [6, 6.07) is 6.41. The molecule has 1 aliphatic rings. The molecule has 2 N–H and O–H groups in total. The molecule has 1 amide bonds. The Morgan fingerprint density at radius 3 is 2.45 bits per heavy atom. The summed E-state index contributed by atoms with van der Waals surface area (Å²) in [5.41, 5.74) is 0.987. The normalized spacial score (nSPS) is 15.7. The van der Waals surface area contributed by atoms with Gasteiger partial charge in [0.2, 0.25) is 10.0 Å². The van der Waals surface area contributed by atoms with E-state index >= 15 is 0 Å². The van der Waals surface area contributed by atoms with Gasteiger partial charge in [0.1, 0.15) is 0 Å². The highest BCUT2D eigenvalue weighted by atomic mass is 32.2. The summed E-state index contributed by atoms with van der Waals surface area (Å²) < 4.78 is 24.6. The Kier molecular flexibility index (Phi) is 6.14. The average molecular weight is 342 g/mol. The second-order valence-corrected chi connectivity index (χ2v) is 8.64. The predicted octanol–water partition coefficient (Wildman–Crippen LogP) is 2.46. The van der Waals surface area contributed by atoms with Gasteiger partial charge in [-0.2, -0.15) is 11.8 Å². The summed E-state index contributed by atoms with van der Waals surface area (Å²) in [5.74, 6) is 0.808. The van der Waals surface area contributed by atoms with Crippen molar-refractivity contribution in [3.05, 3.63) is 29.8 Å². The Balaban J connectivity index is 1.74. The van der Waals surface area contributed by atoms with E-state index in [2.05, 4.69) is 10.0 Å². The van der Waals surface area contributed by atoms with Gasteiger partial charge in [-0.05, 0) is 37.1 Å². The van der Waals surface area contributed by atoms with Crippen LogP contribution >= 0.6 is 11.8 Å². The zero-order valence-electron chi connectivity index (χ0n) is 12.7. The van der Waals surface area contributed by atoms with Crippen molar-refractivity contribution in [2.45, 2.75) is 30.9 Å². The number of carbonyl (C=O) groups excluding carboxylic acids is 1. The quantitative estimate of drug-likeness (QED) is 0.747. The summed E-state index contributed by atoms with van der Waals surface area (Å²) in [7, 11) is -3.29. The molecule has 122 valence electrons. The molecule has 0 spiro atoms. The Bertz CT molecular complexity index is 594. The fraction of sp³-hybridized carbons (Fsp3) is 0.533. The first kappa shape index (κ1) is 17.1. The maximum absolute atomic E-state index is 12.0. The number of thioether (sulfide) groups is 1. The van der Waals surface area contributed by atoms with E-state index in [4.69, 9.17) is 0 Å². The molecule has 22 heavy (non-hydrogen) atoms. The molecule has 1 aliphatic carbocycles. The van der Waals surface area contributed by atoms with Crippen LogP contribution in [0.1, 0.15) is 36.0 Å². The molecule has 0 unspecified atom stereocenters. The zero-order chi connectivity index (χ0) is 16.0. The summed E-state index contributed by atoms with van der Waals surface area (Å²) in [6.45, 7) is 0.656. The Hall–Kier alpha value is -1.21. The molecular weight excluding hydrogens is 320 g/mol. The average Bonchev–Trinajstić information content (AvgIpc) is 2.95. The van der Waals surface area contributed by atoms with Crippen molar-refractivity contribution >= 4 is 33.4 Å². The monoisotopic (exact) mass is 342 g/mol. The van der Waals surface area contributed by atoms with Gasteiger partial charge in [0.25, 0.3) is 5.91 Å². The van der Waals surface area contributed by atoms with E-state index in [-0.39, 0.29) is 5.91 Å². The minimum atomic E-state index is -3.29. The molecule has 0 heterocycles. The number of carbonyl (C=O) groups is 1. The van der Waals surface area contributed by atoms with Crippen molar-refractivity contribution in [3.63, 3.8) is 0 Å². The molecule has 0 radical (unpaired) electrons. The van der Waals surface area contributed by atoms with Crippen molar-refractivity contribution in [1.29, 1.82) is 0 Å². The SMILES string of the molecule is CS(=O)(=O)Nc1ccc(C(=O)NCCSC2CCCC2)cc1. The van der Waals surface area contributed by atoms with Crippen molar-refractivity contribution in [2.75, 3.05) is 23.3 Å². The second-order valence-electron chi connectivity index (χ2n) is 5.48. The third kappa shape index (κ3) is 5.88. The maximum Gasteiger partial charge on any atom is 0.251 e. The van der Waals surface area contributed by atoms with Crippen LogP contribution in [0.15, 0.2) is 24.3 Å². The zero-order valence-corrected chi connectivity index (χ0v) is 14.3. The number of nitrogens with one attached hydrogen (secondary N) is 2. The summed E-state index contributed by atoms with van der Waals surface area (Å²) >= 11 is 1.94. The first-order valence-corrected chi connectivity index (χ1v) is 10.4. The lowest BCUT2D eigenvalue weighted by Gasteiger charge is -2.10. The van der Waals surface area contributed by atoms with Crippen LogP contribution in [0.3, 0.4) is 0 Å². The molecule has 1 saturated carbocycles. The largest absolute Gasteiger partial charge is 0.351 e. The minimum Gasteiger partial charge on any atom is -0.351 e. The number of amides is 1. The van der Waals surface area contributed by atoms with E-state index in [0.717, 1.165) is 17.3 Å². The van der Waals surface area contributed by atoms with Crippen LogP contribution < -0.4 is 10.0 Å². The maximum atomic E-state index is 12.0. The number of hydrogen-bond acceptors (Lipinski definition) is 4. The van der Waals surface area contributed by atoms with Crippen LogP contribution in [0.25, 0.3) is 0 Å². The van der Waals surface area contributed by atoms with Gasteiger partial charge in [-0.1, -0.05) is 12.8 Å². The summed E-state index contributed by atoms with van der Waals surface area (Å²) in [4.78, 5) is 12.0. The van der Waals surface area contributed by atoms with Gasteiger partial charge in [0, 0.05) is 28.8 Å². The third-order valence-corrected chi connectivity index (χ3v) is 5.48. The molecule has 1 aromatic carbocycles. The number of benzene rings is 1. The van der Waals surface area contributed by atoms with E-state index in [1.807, 2.05) is 11.8 Å². The minimum absolute atomic E-state index is 0.127. The molecule has 0 atom stereocenters. The highest BCUT2D eigenvalue weighted by Crippen LogP contribution is 2.28. The van der Waals surface area contributed by atoms with Gasteiger partial charge in [-0.3, -0.25) is 9.52 Å². The van der Waals surface area contributed by atoms with Crippen LogP contribution in [0, 0.1) is 0 Å². The van der Waals surface area contributed by atoms with Gasteiger partial charge in [0.15, 0.2) is 0 Å². The lowest BCUT2D eigenvalue weighted by molar-refractivity contribution is 0.0956. The second kappa shape index (κ2) is 7.87. The number of anilines is 1. The fourth-order valence-electron chi connectivity index (χ4n) is 2.45. The van der Waals surface area contributed by atoms with Crippen molar-refractivity contribution in [2.24, 2.45) is 0 Å². The van der Waals surface area contributed by atoms with E-state index in [0.29, 0.717) is 17.8 Å². The number of rotatable bonds is 7. The van der Waals surface area contributed by atoms with E-state index in [9.17, 15) is 13.2 Å². The van der Waals surface area contributed by atoms with Crippen molar-refractivity contribution < 1.29 is 13.2 Å². The van der Waals surface area contributed by atoms with Gasteiger partial charge < -0.3 is 5.32 Å². The molecule has 0 bridgehead atoms. The van der Waals surface area contributed by atoms with Crippen LogP contribution in [0.5, 0.6) is 0 Å². The topological polar surface area (TPSA) is 75.3 Å². The Labute approximate surface area is 136 Å². The van der Waals surface area contributed by atoms with Crippen LogP contribution in [0.2, 0.25) is 0 Å². The Morgan fingerprint density at radius 1 is 1.23 bits per heavy atom.